The van der Waals surface area contributed by atoms with Gasteiger partial charge in [0.15, 0.2) is 11.6 Å². The molecule has 0 saturated heterocycles. The van der Waals surface area contributed by atoms with E-state index in [1.165, 1.54) is 38.6 Å². The summed E-state index contributed by atoms with van der Waals surface area (Å²) >= 11 is 0. The molecule has 2 heterocycles. The van der Waals surface area contributed by atoms with Crippen LogP contribution in [0.2, 0.25) is 0 Å². The molecule has 2 aliphatic rings. The minimum atomic E-state index is 0.0403. The summed E-state index contributed by atoms with van der Waals surface area (Å²) in [7, 11) is 0. The van der Waals surface area contributed by atoms with Crippen LogP contribution in [0.5, 0.6) is 0 Å². The molecular formula is C40H30N4. The molecule has 210 valence electrons. The zero-order valence-corrected chi connectivity index (χ0v) is 24.4. The number of allylic oxidation sites excluding steroid dienone is 2. The third-order valence-corrected chi connectivity index (χ3v) is 8.85. The first-order chi connectivity index (χ1) is 21.7. The molecule has 1 aromatic heterocycles. The van der Waals surface area contributed by atoms with E-state index in [-0.39, 0.29) is 11.8 Å². The van der Waals surface area contributed by atoms with Crippen LogP contribution in [-0.2, 0) is 6.54 Å². The Morgan fingerprint density at radius 1 is 0.614 bits per heavy atom. The normalized spacial score (nSPS) is 16.8. The van der Waals surface area contributed by atoms with Crippen molar-refractivity contribution in [3.63, 3.8) is 0 Å². The van der Waals surface area contributed by atoms with Gasteiger partial charge in [0.25, 0.3) is 0 Å². The van der Waals surface area contributed by atoms with E-state index in [2.05, 4.69) is 139 Å². The maximum absolute atomic E-state index is 5.12. The predicted octanol–water partition coefficient (Wildman–Crippen LogP) is 9.54. The highest BCUT2D eigenvalue weighted by molar-refractivity contribution is 5.87. The van der Waals surface area contributed by atoms with Crippen molar-refractivity contribution in [3.8, 4) is 33.9 Å². The van der Waals surface area contributed by atoms with Crippen molar-refractivity contribution in [1.82, 2.24) is 15.0 Å². The number of benzene rings is 5. The fourth-order valence-corrected chi connectivity index (χ4v) is 6.44. The number of hydrogen-bond donors (Lipinski definition) is 0. The summed E-state index contributed by atoms with van der Waals surface area (Å²) in [6, 6.07) is 38.5. The van der Waals surface area contributed by atoms with Crippen LogP contribution >= 0.6 is 0 Å². The van der Waals surface area contributed by atoms with Crippen LogP contribution in [0.1, 0.15) is 46.8 Å². The maximum atomic E-state index is 5.12. The van der Waals surface area contributed by atoms with Crippen molar-refractivity contribution < 1.29 is 0 Å². The van der Waals surface area contributed by atoms with Crippen LogP contribution in [0.25, 0.3) is 56.8 Å². The van der Waals surface area contributed by atoms with E-state index in [1.807, 2.05) is 12.3 Å². The average molecular weight is 567 g/mol. The third-order valence-electron chi connectivity index (χ3n) is 8.85. The van der Waals surface area contributed by atoms with Crippen LogP contribution in [0.3, 0.4) is 0 Å². The van der Waals surface area contributed by atoms with Crippen molar-refractivity contribution >= 4 is 29.1 Å². The zero-order valence-electron chi connectivity index (χ0n) is 24.4. The number of nitrogens with zero attached hydrogens (tertiary/aromatic N) is 4. The lowest BCUT2D eigenvalue weighted by Crippen LogP contribution is -2.15. The molecule has 0 bridgehead atoms. The summed E-state index contributed by atoms with van der Waals surface area (Å²) in [6.45, 7) is 2.94. The van der Waals surface area contributed by atoms with Gasteiger partial charge >= 0.3 is 0 Å². The van der Waals surface area contributed by atoms with Gasteiger partial charge in [-0.2, -0.15) is 0 Å². The second-order valence-corrected chi connectivity index (χ2v) is 11.5. The minimum absolute atomic E-state index is 0.0403. The predicted molar refractivity (Wildman–Crippen MR) is 182 cm³/mol. The summed E-state index contributed by atoms with van der Waals surface area (Å²) < 4.78 is 0. The van der Waals surface area contributed by atoms with Crippen molar-refractivity contribution in [1.29, 1.82) is 0 Å². The Hall–Kier alpha value is -5.48. The van der Waals surface area contributed by atoms with E-state index in [4.69, 9.17) is 15.0 Å². The quantitative estimate of drug-likeness (QED) is 0.213. The second-order valence-electron chi connectivity index (χ2n) is 11.5. The van der Waals surface area contributed by atoms with Crippen LogP contribution in [0, 0.1) is 0 Å². The third kappa shape index (κ3) is 4.75. The Balaban J connectivity index is 1.23. The van der Waals surface area contributed by atoms with Gasteiger partial charge in [0.1, 0.15) is 5.82 Å². The molecule has 2 atom stereocenters. The van der Waals surface area contributed by atoms with Crippen molar-refractivity contribution in [3.05, 3.63) is 149 Å². The van der Waals surface area contributed by atoms with Crippen molar-refractivity contribution in [2.24, 2.45) is 4.99 Å². The number of rotatable bonds is 4. The fourth-order valence-electron chi connectivity index (χ4n) is 6.44. The molecule has 0 N–H and O–H groups in total. The van der Waals surface area contributed by atoms with Gasteiger partial charge < -0.3 is 0 Å². The molecule has 5 aromatic carbocycles. The molecule has 8 rings (SSSR count). The van der Waals surface area contributed by atoms with Crippen molar-refractivity contribution in [2.45, 2.75) is 25.3 Å². The zero-order chi connectivity index (χ0) is 29.5. The molecular weight excluding hydrogens is 536 g/mol. The van der Waals surface area contributed by atoms with Gasteiger partial charge in [0.05, 0.1) is 6.54 Å². The van der Waals surface area contributed by atoms with E-state index in [0.29, 0.717) is 18.2 Å². The van der Waals surface area contributed by atoms with E-state index in [9.17, 15) is 0 Å². The molecule has 2 unspecified atom stereocenters. The number of aromatic nitrogens is 3. The van der Waals surface area contributed by atoms with Gasteiger partial charge in [0.2, 0.25) is 0 Å². The van der Waals surface area contributed by atoms with Gasteiger partial charge in [-0.3, -0.25) is 4.99 Å². The van der Waals surface area contributed by atoms with E-state index in [0.717, 1.165) is 22.5 Å². The Morgan fingerprint density at radius 2 is 1.34 bits per heavy atom. The van der Waals surface area contributed by atoms with Crippen LogP contribution in [0.15, 0.2) is 126 Å². The van der Waals surface area contributed by atoms with Crippen LogP contribution < -0.4 is 0 Å². The largest absolute Gasteiger partial charge is 0.288 e. The van der Waals surface area contributed by atoms with Gasteiger partial charge in [-0.25, -0.2) is 15.0 Å². The SMILES string of the molecule is CC1c2ccccc2C=CC1c1nc(-c2ccc(-c3cccc4c3CN=CC=C4)cc2)nc(-c2ccc3ccccc3c2)n1. The molecule has 0 fully saturated rings. The fraction of sp³-hybridized carbons (Fsp3) is 0.100. The molecule has 6 aromatic rings. The van der Waals surface area contributed by atoms with Crippen LogP contribution in [0.4, 0.5) is 0 Å². The Bertz CT molecular complexity index is 2120. The standard InChI is InChI=1S/C40H30N4/c1-26-34-13-5-4-9-29(34)21-22-35(26)40-43-38(42-39(44-40)33-20-15-27-8-2-3-10-32(27)24-33)31-18-16-30(17-19-31)36-14-6-11-28-12-7-23-41-25-37(28)36/h2-24,26,35H,25H2,1H3. The lowest BCUT2D eigenvalue weighted by Gasteiger charge is -2.26. The van der Waals surface area contributed by atoms with Gasteiger partial charge in [-0.05, 0) is 62.2 Å². The summed E-state index contributed by atoms with van der Waals surface area (Å²) in [5.74, 6) is 2.45. The monoisotopic (exact) mass is 566 g/mol. The number of aliphatic imine (C=N–C) groups is 1. The van der Waals surface area contributed by atoms with E-state index in [1.54, 1.807) is 0 Å². The highest BCUT2D eigenvalue weighted by atomic mass is 15.0. The maximum Gasteiger partial charge on any atom is 0.163 e. The molecule has 1 aliphatic carbocycles. The van der Waals surface area contributed by atoms with Crippen LogP contribution in [-0.4, -0.2) is 21.2 Å². The molecule has 4 heteroatoms. The van der Waals surface area contributed by atoms with Gasteiger partial charge in [-0.1, -0.05) is 128 Å². The summed E-state index contributed by atoms with van der Waals surface area (Å²) in [5.41, 5.74) is 9.33. The summed E-state index contributed by atoms with van der Waals surface area (Å²) in [4.78, 5) is 19.8. The Morgan fingerprint density at radius 3 is 2.23 bits per heavy atom. The molecule has 44 heavy (non-hydrogen) atoms. The van der Waals surface area contributed by atoms with Gasteiger partial charge in [-0.15, -0.1) is 0 Å². The summed E-state index contributed by atoms with van der Waals surface area (Å²) in [5, 5.41) is 2.36. The van der Waals surface area contributed by atoms with E-state index >= 15 is 0 Å². The first-order valence-electron chi connectivity index (χ1n) is 15.1. The smallest absolute Gasteiger partial charge is 0.163 e. The first kappa shape index (κ1) is 26.2. The molecule has 0 spiro atoms. The Labute approximate surface area is 257 Å². The first-order valence-corrected chi connectivity index (χ1v) is 15.1. The molecule has 1 aliphatic heterocycles. The van der Waals surface area contributed by atoms with Crippen molar-refractivity contribution in [2.75, 3.05) is 0 Å². The lowest BCUT2D eigenvalue weighted by molar-refractivity contribution is 0.630. The molecule has 0 amide bonds. The highest BCUT2D eigenvalue weighted by Crippen LogP contribution is 2.40. The lowest BCUT2D eigenvalue weighted by atomic mass is 9.80. The second kappa shape index (κ2) is 11.0. The molecule has 0 saturated carbocycles. The number of fused-ring (bicyclic) bond motifs is 3. The minimum Gasteiger partial charge on any atom is -0.288 e. The topological polar surface area (TPSA) is 51.0 Å². The molecule has 4 nitrogen and oxygen atoms in total. The Kier molecular flexibility index (Phi) is 6.53. The highest BCUT2D eigenvalue weighted by Gasteiger charge is 2.27. The molecule has 0 radical (unpaired) electrons. The average Bonchev–Trinajstić information content (AvgIpc) is 3.34. The van der Waals surface area contributed by atoms with E-state index < -0.39 is 0 Å². The van der Waals surface area contributed by atoms with Gasteiger partial charge in [0, 0.05) is 23.3 Å². The summed E-state index contributed by atoms with van der Waals surface area (Å²) in [6.07, 6.45) is 10.5. The number of hydrogen-bond acceptors (Lipinski definition) is 4.